The summed E-state index contributed by atoms with van der Waals surface area (Å²) in [6, 6.07) is 4.08. The van der Waals surface area contributed by atoms with Crippen molar-refractivity contribution in [3.05, 3.63) is 70.6 Å². The second-order valence-electron chi connectivity index (χ2n) is 6.67. The Balaban J connectivity index is 1.93. The zero-order chi connectivity index (χ0) is 18.8. The van der Waals surface area contributed by atoms with Crippen LogP contribution in [-0.4, -0.2) is 0 Å². The SMILES string of the molecule is CCCC1=CCC(c2ccc(-c3cc(F)c(F)c(F)c3)c(F)c2F)CC1. The molecule has 26 heavy (non-hydrogen) atoms. The third-order valence-corrected chi connectivity index (χ3v) is 4.92. The molecule has 1 unspecified atom stereocenters. The van der Waals surface area contributed by atoms with Crippen LogP contribution in [0.3, 0.4) is 0 Å². The normalized spacial score (nSPS) is 17.3. The summed E-state index contributed by atoms with van der Waals surface area (Å²) < 4.78 is 69.0. The second kappa shape index (κ2) is 7.60. The Labute approximate surface area is 149 Å². The van der Waals surface area contributed by atoms with Gasteiger partial charge in [0, 0.05) is 5.56 Å². The van der Waals surface area contributed by atoms with E-state index in [9.17, 15) is 22.0 Å². The third-order valence-electron chi connectivity index (χ3n) is 4.92. The molecule has 2 aromatic rings. The highest BCUT2D eigenvalue weighted by Crippen LogP contribution is 2.37. The molecule has 0 nitrogen and oxygen atoms in total. The number of benzene rings is 2. The number of hydrogen-bond donors (Lipinski definition) is 0. The molecule has 0 spiro atoms. The van der Waals surface area contributed by atoms with E-state index in [1.54, 1.807) is 0 Å². The van der Waals surface area contributed by atoms with Crippen LogP contribution in [0.4, 0.5) is 22.0 Å². The predicted molar refractivity (Wildman–Crippen MR) is 91.3 cm³/mol. The number of hydrogen-bond acceptors (Lipinski definition) is 0. The van der Waals surface area contributed by atoms with Crippen LogP contribution in [0.1, 0.15) is 50.5 Å². The van der Waals surface area contributed by atoms with Gasteiger partial charge < -0.3 is 0 Å². The highest BCUT2D eigenvalue weighted by molar-refractivity contribution is 5.65. The van der Waals surface area contributed by atoms with E-state index in [1.807, 2.05) is 0 Å². The Kier molecular flexibility index (Phi) is 5.44. The maximum absolute atomic E-state index is 14.6. The van der Waals surface area contributed by atoms with Crippen molar-refractivity contribution in [3.8, 4) is 11.1 Å². The van der Waals surface area contributed by atoms with E-state index in [1.165, 1.54) is 17.7 Å². The van der Waals surface area contributed by atoms with E-state index in [0.717, 1.165) is 25.7 Å². The number of allylic oxidation sites excluding steroid dienone is 2. The summed E-state index contributed by atoms with van der Waals surface area (Å²) in [5.74, 6) is -6.82. The monoisotopic (exact) mass is 366 g/mol. The van der Waals surface area contributed by atoms with Crippen LogP contribution in [0.15, 0.2) is 35.9 Å². The average molecular weight is 366 g/mol. The molecular formula is C21H19F5. The molecule has 1 aliphatic rings. The fourth-order valence-corrected chi connectivity index (χ4v) is 3.53. The summed E-state index contributed by atoms with van der Waals surface area (Å²) in [5, 5.41) is 0. The van der Waals surface area contributed by atoms with E-state index in [2.05, 4.69) is 13.0 Å². The first kappa shape index (κ1) is 18.6. The van der Waals surface area contributed by atoms with Crippen molar-refractivity contribution in [3.63, 3.8) is 0 Å². The summed E-state index contributed by atoms with van der Waals surface area (Å²) >= 11 is 0. The van der Waals surface area contributed by atoms with Crippen LogP contribution in [0.5, 0.6) is 0 Å². The first-order chi connectivity index (χ1) is 12.4. The smallest absolute Gasteiger partial charge is 0.194 e. The van der Waals surface area contributed by atoms with Crippen molar-refractivity contribution in [2.45, 2.75) is 44.9 Å². The highest BCUT2D eigenvalue weighted by Gasteiger charge is 2.24. The molecule has 0 saturated heterocycles. The molecule has 0 aliphatic heterocycles. The fourth-order valence-electron chi connectivity index (χ4n) is 3.53. The van der Waals surface area contributed by atoms with Gasteiger partial charge in [-0.15, -0.1) is 0 Å². The zero-order valence-corrected chi connectivity index (χ0v) is 14.4. The Morgan fingerprint density at radius 3 is 2.19 bits per heavy atom. The Bertz CT molecular complexity index is 831. The molecule has 3 rings (SSSR count). The average Bonchev–Trinajstić information content (AvgIpc) is 2.63. The van der Waals surface area contributed by atoms with Gasteiger partial charge in [-0.1, -0.05) is 37.1 Å². The van der Waals surface area contributed by atoms with E-state index in [0.29, 0.717) is 18.6 Å². The van der Waals surface area contributed by atoms with Crippen LogP contribution < -0.4 is 0 Å². The molecule has 138 valence electrons. The minimum atomic E-state index is -1.64. The fraction of sp³-hybridized carbons (Fsp3) is 0.333. The van der Waals surface area contributed by atoms with Crippen molar-refractivity contribution in [1.29, 1.82) is 0 Å². The van der Waals surface area contributed by atoms with Gasteiger partial charge in [-0.3, -0.25) is 0 Å². The molecule has 0 bridgehead atoms. The summed E-state index contributed by atoms with van der Waals surface area (Å²) in [6.45, 7) is 2.10. The highest BCUT2D eigenvalue weighted by atomic mass is 19.2. The van der Waals surface area contributed by atoms with Crippen molar-refractivity contribution < 1.29 is 22.0 Å². The van der Waals surface area contributed by atoms with Crippen LogP contribution in [0, 0.1) is 29.1 Å². The van der Waals surface area contributed by atoms with Gasteiger partial charge in [0.05, 0.1) is 0 Å². The van der Waals surface area contributed by atoms with E-state index in [4.69, 9.17) is 0 Å². The Hall–Kier alpha value is -2.17. The lowest BCUT2D eigenvalue weighted by Crippen LogP contribution is -2.08. The third kappa shape index (κ3) is 3.53. The maximum Gasteiger partial charge on any atom is 0.194 e. The van der Waals surface area contributed by atoms with Crippen molar-refractivity contribution in [1.82, 2.24) is 0 Å². The standard InChI is InChI=1S/C21H19F5/c1-2-3-12-4-6-13(7-5-12)15-8-9-16(20(25)19(15)24)14-10-17(22)21(26)18(23)11-14/h4,8-11,13H,2-3,5-7H2,1H3. The zero-order valence-electron chi connectivity index (χ0n) is 14.4. The minimum absolute atomic E-state index is 0.124. The Morgan fingerprint density at radius 2 is 1.62 bits per heavy atom. The number of halogens is 5. The lowest BCUT2D eigenvalue weighted by molar-refractivity contribution is 0.447. The largest absolute Gasteiger partial charge is 0.204 e. The molecule has 1 aliphatic carbocycles. The van der Waals surface area contributed by atoms with Crippen molar-refractivity contribution in [2.24, 2.45) is 0 Å². The summed E-state index contributed by atoms with van der Waals surface area (Å²) in [5.41, 5.74) is 1.08. The summed E-state index contributed by atoms with van der Waals surface area (Å²) in [6.07, 6.45) is 6.40. The van der Waals surface area contributed by atoms with E-state index in [-0.39, 0.29) is 22.6 Å². The van der Waals surface area contributed by atoms with Gasteiger partial charge in [0.15, 0.2) is 29.1 Å². The lowest BCUT2D eigenvalue weighted by Gasteiger charge is -2.23. The van der Waals surface area contributed by atoms with Gasteiger partial charge in [0.2, 0.25) is 0 Å². The molecule has 5 heteroatoms. The first-order valence-electron chi connectivity index (χ1n) is 8.73. The van der Waals surface area contributed by atoms with Gasteiger partial charge in [0.25, 0.3) is 0 Å². The molecule has 0 saturated carbocycles. The van der Waals surface area contributed by atoms with Crippen molar-refractivity contribution >= 4 is 0 Å². The molecule has 0 fully saturated rings. The summed E-state index contributed by atoms with van der Waals surface area (Å²) in [4.78, 5) is 0. The van der Waals surface area contributed by atoms with Gasteiger partial charge in [-0.05, 0) is 54.9 Å². The molecule has 1 atom stereocenters. The van der Waals surface area contributed by atoms with Gasteiger partial charge in [-0.2, -0.15) is 0 Å². The van der Waals surface area contributed by atoms with Crippen LogP contribution in [-0.2, 0) is 0 Å². The van der Waals surface area contributed by atoms with Crippen LogP contribution >= 0.6 is 0 Å². The topological polar surface area (TPSA) is 0 Å². The quantitative estimate of drug-likeness (QED) is 0.309. The molecule has 0 amide bonds. The molecule has 0 heterocycles. The van der Waals surface area contributed by atoms with E-state index < -0.39 is 29.1 Å². The first-order valence-corrected chi connectivity index (χ1v) is 8.73. The van der Waals surface area contributed by atoms with Crippen LogP contribution in [0.2, 0.25) is 0 Å². The maximum atomic E-state index is 14.6. The van der Waals surface area contributed by atoms with Gasteiger partial charge in [0.1, 0.15) is 0 Å². The molecule has 0 N–H and O–H groups in total. The van der Waals surface area contributed by atoms with Crippen molar-refractivity contribution in [2.75, 3.05) is 0 Å². The lowest BCUT2D eigenvalue weighted by atomic mass is 9.82. The van der Waals surface area contributed by atoms with Crippen LogP contribution in [0.25, 0.3) is 11.1 Å². The Morgan fingerprint density at radius 1 is 0.923 bits per heavy atom. The van der Waals surface area contributed by atoms with E-state index >= 15 is 0 Å². The summed E-state index contributed by atoms with van der Waals surface area (Å²) in [7, 11) is 0. The predicted octanol–water partition coefficient (Wildman–Crippen LogP) is 7.04. The minimum Gasteiger partial charge on any atom is -0.204 e. The van der Waals surface area contributed by atoms with Gasteiger partial charge >= 0.3 is 0 Å². The molecule has 0 radical (unpaired) electrons. The molecular weight excluding hydrogens is 347 g/mol. The second-order valence-corrected chi connectivity index (χ2v) is 6.67. The van der Waals surface area contributed by atoms with Gasteiger partial charge in [-0.25, -0.2) is 22.0 Å². The molecule has 2 aromatic carbocycles. The number of rotatable bonds is 4. The molecule has 0 aromatic heterocycles.